The maximum Gasteiger partial charge on any atom is 0.256 e. The van der Waals surface area contributed by atoms with Crippen molar-refractivity contribution in [2.24, 2.45) is 0 Å². The highest BCUT2D eigenvalue weighted by atomic mass is 32.1. The molecule has 160 valence electrons. The summed E-state index contributed by atoms with van der Waals surface area (Å²) in [6.07, 6.45) is 0.115. The number of hydrogen-bond acceptors (Lipinski definition) is 6. The minimum absolute atomic E-state index is 0.115. The fourth-order valence-corrected chi connectivity index (χ4v) is 4.88. The maximum absolute atomic E-state index is 12.9. The molecule has 0 aliphatic carbocycles. The van der Waals surface area contributed by atoms with Crippen molar-refractivity contribution in [3.05, 3.63) is 72.3 Å². The topological polar surface area (TPSA) is 71.5 Å². The Morgan fingerprint density at radius 1 is 1.03 bits per heavy atom. The molecule has 1 fully saturated rings. The molecule has 2 amide bonds. The number of benzene rings is 3. The molecule has 1 N–H and O–H groups in total. The molecule has 1 unspecified atom stereocenters. The molecule has 32 heavy (non-hydrogen) atoms. The molecule has 0 saturated carbocycles. The number of thiazole rings is 1. The van der Waals surface area contributed by atoms with Crippen LogP contribution >= 0.6 is 11.3 Å². The summed E-state index contributed by atoms with van der Waals surface area (Å²) in [5, 5.41) is 4.16. The van der Waals surface area contributed by atoms with E-state index in [0.717, 1.165) is 26.5 Å². The molecule has 0 spiro atoms. The molecule has 0 radical (unpaired) electrons. The van der Waals surface area contributed by atoms with Crippen LogP contribution in [0.5, 0.6) is 5.75 Å². The zero-order chi connectivity index (χ0) is 22.2. The van der Waals surface area contributed by atoms with Crippen molar-refractivity contribution in [2.75, 3.05) is 17.3 Å². The third kappa shape index (κ3) is 3.71. The minimum atomic E-state index is -0.596. The number of aryl methyl sites for hydroxylation is 1. The highest BCUT2D eigenvalue weighted by molar-refractivity contribution is 7.21. The number of imide groups is 1. The number of hydrogen-bond donors (Lipinski definition) is 1. The first kappa shape index (κ1) is 20.2. The Hall–Kier alpha value is -3.71. The van der Waals surface area contributed by atoms with Crippen molar-refractivity contribution in [2.45, 2.75) is 19.4 Å². The monoisotopic (exact) mass is 443 g/mol. The second-order valence-electron chi connectivity index (χ2n) is 7.73. The number of carbonyl (C=O) groups is 2. The molecular weight excluding hydrogens is 422 g/mol. The van der Waals surface area contributed by atoms with Gasteiger partial charge in [0.2, 0.25) is 5.91 Å². The van der Waals surface area contributed by atoms with E-state index in [4.69, 9.17) is 9.72 Å². The summed E-state index contributed by atoms with van der Waals surface area (Å²) in [6.45, 7) is 2.07. The lowest BCUT2D eigenvalue weighted by Gasteiger charge is -2.16. The van der Waals surface area contributed by atoms with Crippen molar-refractivity contribution in [1.82, 2.24) is 4.98 Å². The molecular formula is C25H21N3O3S. The van der Waals surface area contributed by atoms with Gasteiger partial charge in [-0.3, -0.25) is 9.59 Å². The summed E-state index contributed by atoms with van der Waals surface area (Å²) in [6, 6.07) is 20.3. The van der Waals surface area contributed by atoms with Crippen LogP contribution < -0.4 is 15.0 Å². The Morgan fingerprint density at radius 3 is 2.50 bits per heavy atom. The number of fused-ring (bicyclic) bond motifs is 1. The number of anilines is 2. The van der Waals surface area contributed by atoms with Crippen LogP contribution in [0.3, 0.4) is 0 Å². The second kappa shape index (κ2) is 8.09. The van der Waals surface area contributed by atoms with Crippen LogP contribution in [-0.4, -0.2) is 29.9 Å². The highest BCUT2D eigenvalue weighted by Crippen LogP contribution is 2.32. The molecule has 1 saturated heterocycles. The number of rotatable bonds is 5. The lowest BCUT2D eigenvalue weighted by Crippen LogP contribution is -2.34. The van der Waals surface area contributed by atoms with E-state index in [9.17, 15) is 9.59 Å². The fourth-order valence-electron chi connectivity index (χ4n) is 3.81. The lowest BCUT2D eigenvalue weighted by atomic mass is 10.2. The second-order valence-corrected chi connectivity index (χ2v) is 8.76. The van der Waals surface area contributed by atoms with E-state index in [1.165, 1.54) is 10.5 Å². The number of amides is 2. The molecule has 2 heterocycles. The molecule has 6 nitrogen and oxygen atoms in total. The van der Waals surface area contributed by atoms with Gasteiger partial charge in [-0.2, -0.15) is 0 Å². The molecule has 3 aromatic carbocycles. The van der Waals surface area contributed by atoms with Crippen molar-refractivity contribution in [1.29, 1.82) is 0 Å². The molecule has 1 aromatic heterocycles. The predicted molar refractivity (Wildman–Crippen MR) is 127 cm³/mol. The summed E-state index contributed by atoms with van der Waals surface area (Å²) in [4.78, 5) is 31.4. The zero-order valence-electron chi connectivity index (χ0n) is 17.7. The zero-order valence-corrected chi connectivity index (χ0v) is 18.5. The van der Waals surface area contributed by atoms with Crippen LogP contribution in [0.4, 0.5) is 11.4 Å². The van der Waals surface area contributed by atoms with E-state index in [1.807, 2.05) is 30.3 Å². The van der Waals surface area contributed by atoms with Gasteiger partial charge >= 0.3 is 0 Å². The van der Waals surface area contributed by atoms with Gasteiger partial charge in [0.15, 0.2) is 0 Å². The fraction of sp³-hybridized carbons (Fsp3) is 0.160. The van der Waals surface area contributed by atoms with Gasteiger partial charge in [0.25, 0.3) is 5.91 Å². The first-order valence-electron chi connectivity index (χ1n) is 10.3. The van der Waals surface area contributed by atoms with E-state index >= 15 is 0 Å². The molecule has 7 heteroatoms. The van der Waals surface area contributed by atoms with Gasteiger partial charge in [0.1, 0.15) is 16.8 Å². The lowest BCUT2D eigenvalue weighted by molar-refractivity contribution is -0.121. The Labute approximate surface area is 189 Å². The number of methoxy groups -OCH3 is 1. The summed E-state index contributed by atoms with van der Waals surface area (Å²) in [5.74, 6) is 0.190. The summed E-state index contributed by atoms with van der Waals surface area (Å²) < 4.78 is 6.31. The number of nitrogens with zero attached hydrogens (tertiary/aromatic N) is 2. The standard InChI is InChI=1S/C25H21N3O3S/c1-15-3-12-20-22(13-15)32-24(27-20)16-4-6-17(7-5-16)26-21-14-23(29)28(25(21)30)18-8-10-19(31-2)11-9-18/h3-13,21,26H,14H2,1-2H3. The average Bonchev–Trinajstić information content (AvgIpc) is 3.34. The first-order valence-corrected chi connectivity index (χ1v) is 11.1. The molecule has 5 rings (SSSR count). The molecule has 0 bridgehead atoms. The van der Waals surface area contributed by atoms with Crippen molar-refractivity contribution >= 4 is 44.7 Å². The first-order chi connectivity index (χ1) is 15.5. The van der Waals surface area contributed by atoms with E-state index in [2.05, 4.69) is 24.4 Å². The maximum atomic E-state index is 12.9. The van der Waals surface area contributed by atoms with Crippen molar-refractivity contribution < 1.29 is 14.3 Å². The molecule has 1 aliphatic heterocycles. The van der Waals surface area contributed by atoms with E-state index in [1.54, 1.807) is 42.7 Å². The van der Waals surface area contributed by atoms with Gasteiger partial charge in [-0.05, 0) is 73.2 Å². The van der Waals surface area contributed by atoms with Gasteiger partial charge < -0.3 is 10.1 Å². The largest absolute Gasteiger partial charge is 0.497 e. The summed E-state index contributed by atoms with van der Waals surface area (Å²) in [5.41, 5.74) is 4.56. The summed E-state index contributed by atoms with van der Waals surface area (Å²) >= 11 is 1.66. The normalized spacial score (nSPS) is 16.1. The Morgan fingerprint density at radius 2 is 1.78 bits per heavy atom. The van der Waals surface area contributed by atoms with Crippen LogP contribution in [0.25, 0.3) is 20.8 Å². The molecule has 1 atom stereocenters. The summed E-state index contributed by atoms with van der Waals surface area (Å²) in [7, 11) is 1.57. The third-order valence-electron chi connectivity index (χ3n) is 5.49. The van der Waals surface area contributed by atoms with Gasteiger partial charge in [-0.25, -0.2) is 9.88 Å². The quantitative estimate of drug-likeness (QED) is 0.438. The SMILES string of the molecule is COc1ccc(N2C(=O)CC(Nc3ccc(-c4nc5ccc(C)cc5s4)cc3)C2=O)cc1. The number of aromatic nitrogens is 1. The third-order valence-corrected chi connectivity index (χ3v) is 6.56. The number of nitrogens with one attached hydrogen (secondary N) is 1. The van der Waals surface area contributed by atoms with Crippen LogP contribution in [0.1, 0.15) is 12.0 Å². The van der Waals surface area contributed by atoms with Gasteiger partial charge in [0, 0.05) is 11.3 Å². The highest BCUT2D eigenvalue weighted by Gasteiger charge is 2.39. The predicted octanol–water partition coefficient (Wildman–Crippen LogP) is 5.02. The Kier molecular flexibility index (Phi) is 5.11. The van der Waals surface area contributed by atoms with Crippen LogP contribution in [0, 0.1) is 6.92 Å². The van der Waals surface area contributed by atoms with Crippen molar-refractivity contribution in [3.63, 3.8) is 0 Å². The number of carbonyl (C=O) groups excluding carboxylic acids is 2. The molecule has 1 aliphatic rings. The minimum Gasteiger partial charge on any atom is -0.497 e. The van der Waals surface area contributed by atoms with Crippen LogP contribution in [0.15, 0.2) is 66.7 Å². The van der Waals surface area contributed by atoms with Crippen LogP contribution in [0.2, 0.25) is 0 Å². The smallest absolute Gasteiger partial charge is 0.256 e. The van der Waals surface area contributed by atoms with Gasteiger partial charge in [-0.1, -0.05) is 6.07 Å². The van der Waals surface area contributed by atoms with E-state index in [-0.39, 0.29) is 18.2 Å². The van der Waals surface area contributed by atoms with E-state index < -0.39 is 6.04 Å². The molecule has 4 aromatic rings. The van der Waals surface area contributed by atoms with Crippen molar-refractivity contribution in [3.8, 4) is 16.3 Å². The van der Waals surface area contributed by atoms with Crippen LogP contribution in [-0.2, 0) is 9.59 Å². The van der Waals surface area contributed by atoms with Gasteiger partial charge in [-0.15, -0.1) is 11.3 Å². The number of ether oxygens (including phenoxy) is 1. The average molecular weight is 444 g/mol. The Bertz CT molecular complexity index is 1310. The Balaban J connectivity index is 1.31. The van der Waals surface area contributed by atoms with E-state index in [0.29, 0.717) is 11.4 Å². The van der Waals surface area contributed by atoms with Gasteiger partial charge in [0.05, 0.1) is 29.4 Å².